The lowest BCUT2D eigenvalue weighted by molar-refractivity contribution is -0.136. The quantitative estimate of drug-likeness (QED) is 0.363. The maximum absolute atomic E-state index is 12.2. The number of benzene rings is 2. The number of esters is 1. The number of rotatable bonds is 9. The van der Waals surface area contributed by atoms with Crippen LogP contribution < -0.4 is 14.2 Å². The van der Waals surface area contributed by atoms with Gasteiger partial charge >= 0.3 is 5.97 Å². The van der Waals surface area contributed by atoms with Crippen LogP contribution >= 0.6 is 0 Å². The normalized spacial score (nSPS) is 10.7. The first-order chi connectivity index (χ1) is 14.7. The van der Waals surface area contributed by atoms with Crippen LogP contribution in [0.3, 0.4) is 0 Å². The molecule has 30 heavy (non-hydrogen) atoms. The molecule has 154 valence electrons. The molecule has 0 aliphatic heterocycles. The van der Waals surface area contributed by atoms with Gasteiger partial charge in [0.15, 0.2) is 18.1 Å². The lowest BCUT2D eigenvalue weighted by Gasteiger charge is -2.12. The largest absolute Gasteiger partial charge is 0.490 e. The minimum absolute atomic E-state index is 0.180. The number of hydrogen-bond donors (Lipinski definition) is 0. The van der Waals surface area contributed by atoms with Crippen LogP contribution in [0.1, 0.15) is 30.5 Å². The summed E-state index contributed by atoms with van der Waals surface area (Å²) in [5.74, 6) is 1.02. The van der Waals surface area contributed by atoms with Crippen LogP contribution in [0.2, 0.25) is 0 Å². The summed E-state index contributed by atoms with van der Waals surface area (Å²) < 4.78 is 16.6. The number of aromatic nitrogens is 1. The molecule has 0 saturated heterocycles. The predicted molar refractivity (Wildman–Crippen MR) is 118 cm³/mol. The molecule has 0 fully saturated rings. The molecule has 0 amide bonds. The van der Waals surface area contributed by atoms with E-state index in [1.807, 2.05) is 67.6 Å². The Labute approximate surface area is 176 Å². The SMILES string of the molecule is CCOc1cc(/C=C/c2ccncc2)ccc1OC(=O)COc1ccc(CC)cc1. The first kappa shape index (κ1) is 21.1. The summed E-state index contributed by atoms with van der Waals surface area (Å²) >= 11 is 0. The molecule has 0 N–H and O–H groups in total. The number of pyridine rings is 1. The van der Waals surface area contributed by atoms with Gasteiger partial charge in [0.2, 0.25) is 0 Å². The summed E-state index contributed by atoms with van der Waals surface area (Å²) in [4.78, 5) is 16.2. The molecule has 0 bridgehead atoms. The minimum Gasteiger partial charge on any atom is -0.490 e. The van der Waals surface area contributed by atoms with E-state index < -0.39 is 5.97 Å². The van der Waals surface area contributed by atoms with Crippen molar-refractivity contribution >= 4 is 18.1 Å². The Morgan fingerprint density at radius 1 is 0.867 bits per heavy atom. The van der Waals surface area contributed by atoms with Crippen molar-refractivity contribution in [2.24, 2.45) is 0 Å². The molecule has 1 heterocycles. The Kier molecular flexibility index (Phi) is 7.61. The fraction of sp³-hybridized carbons (Fsp3) is 0.200. The van der Waals surface area contributed by atoms with Crippen molar-refractivity contribution in [1.82, 2.24) is 4.98 Å². The molecule has 0 spiro atoms. The standard InChI is InChI=1S/C25H25NO4/c1-3-19-7-10-22(11-8-19)29-18-25(27)30-23-12-9-21(17-24(23)28-4-2)6-5-20-13-15-26-16-14-20/h5-17H,3-4,18H2,1-2H3/b6-5+. The van der Waals surface area contributed by atoms with Crippen LogP contribution in [0.15, 0.2) is 67.0 Å². The van der Waals surface area contributed by atoms with Gasteiger partial charge in [-0.05, 0) is 66.4 Å². The molecule has 0 aliphatic rings. The smallest absolute Gasteiger partial charge is 0.349 e. The number of carbonyl (C=O) groups is 1. The van der Waals surface area contributed by atoms with E-state index in [0.717, 1.165) is 17.5 Å². The van der Waals surface area contributed by atoms with Crippen LogP contribution in [-0.2, 0) is 11.2 Å². The van der Waals surface area contributed by atoms with E-state index in [1.165, 1.54) is 5.56 Å². The molecular formula is C25H25NO4. The Morgan fingerprint density at radius 2 is 1.60 bits per heavy atom. The molecule has 0 radical (unpaired) electrons. The third-order valence-electron chi connectivity index (χ3n) is 4.35. The topological polar surface area (TPSA) is 57.7 Å². The van der Waals surface area contributed by atoms with Crippen LogP contribution in [0.4, 0.5) is 0 Å². The zero-order valence-electron chi connectivity index (χ0n) is 17.2. The van der Waals surface area contributed by atoms with Crippen molar-refractivity contribution in [3.05, 3.63) is 83.7 Å². The van der Waals surface area contributed by atoms with E-state index in [2.05, 4.69) is 11.9 Å². The summed E-state index contributed by atoms with van der Waals surface area (Å²) in [5, 5.41) is 0. The van der Waals surface area contributed by atoms with Gasteiger partial charge < -0.3 is 14.2 Å². The van der Waals surface area contributed by atoms with Crippen molar-refractivity contribution in [3.63, 3.8) is 0 Å². The molecule has 3 rings (SSSR count). The van der Waals surface area contributed by atoms with Gasteiger partial charge in [0, 0.05) is 12.4 Å². The summed E-state index contributed by atoms with van der Waals surface area (Å²) in [5.41, 5.74) is 3.19. The van der Waals surface area contributed by atoms with Crippen molar-refractivity contribution in [3.8, 4) is 17.2 Å². The number of carbonyl (C=O) groups excluding carboxylic acids is 1. The van der Waals surface area contributed by atoms with Crippen LogP contribution in [-0.4, -0.2) is 24.2 Å². The van der Waals surface area contributed by atoms with E-state index in [1.54, 1.807) is 18.5 Å². The zero-order valence-corrected chi connectivity index (χ0v) is 17.2. The third kappa shape index (κ3) is 6.21. The second-order valence-corrected chi connectivity index (χ2v) is 6.51. The van der Waals surface area contributed by atoms with Crippen molar-refractivity contribution < 1.29 is 19.0 Å². The summed E-state index contributed by atoms with van der Waals surface area (Å²) in [7, 11) is 0. The van der Waals surface area contributed by atoms with Crippen molar-refractivity contribution in [2.45, 2.75) is 20.3 Å². The predicted octanol–water partition coefficient (Wildman–Crippen LogP) is 5.20. The van der Waals surface area contributed by atoms with Gasteiger partial charge in [-0.2, -0.15) is 0 Å². The molecule has 2 aromatic carbocycles. The van der Waals surface area contributed by atoms with Gasteiger partial charge in [0.25, 0.3) is 0 Å². The van der Waals surface area contributed by atoms with Gasteiger partial charge in [0.05, 0.1) is 6.61 Å². The highest BCUT2D eigenvalue weighted by Crippen LogP contribution is 2.29. The first-order valence-electron chi connectivity index (χ1n) is 9.95. The molecule has 5 heteroatoms. The zero-order chi connectivity index (χ0) is 21.2. The van der Waals surface area contributed by atoms with Gasteiger partial charge in [-0.1, -0.05) is 37.3 Å². The van der Waals surface area contributed by atoms with Crippen molar-refractivity contribution in [1.29, 1.82) is 0 Å². The van der Waals surface area contributed by atoms with Crippen LogP contribution in [0, 0.1) is 0 Å². The van der Waals surface area contributed by atoms with Gasteiger partial charge in [-0.15, -0.1) is 0 Å². The minimum atomic E-state index is -0.490. The molecule has 5 nitrogen and oxygen atoms in total. The van der Waals surface area contributed by atoms with Gasteiger partial charge in [0.1, 0.15) is 5.75 Å². The Morgan fingerprint density at radius 3 is 2.30 bits per heavy atom. The summed E-state index contributed by atoms with van der Waals surface area (Å²) in [6, 6.07) is 16.9. The van der Waals surface area contributed by atoms with E-state index in [9.17, 15) is 4.79 Å². The molecule has 1 aromatic heterocycles. The Hall–Kier alpha value is -3.60. The first-order valence-corrected chi connectivity index (χ1v) is 9.95. The van der Waals surface area contributed by atoms with Gasteiger partial charge in [-0.3, -0.25) is 4.98 Å². The molecule has 0 aliphatic carbocycles. The molecule has 0 unspecified atom stereocenters. The number of aryl methyl sites for hydroxylation is 1. The monoisotopic (exact) mass is 403 g/mol. The second-order valence-electron chi connectivity index (χ2n) is 6.51. The lowest BCUT2D eigenvalue weighted by atomic mass is 10.1. The Bertz CT molecular complexity index is 982. The summed E-state index contributed by atoms with van der Waals surface area (Å²) in [6.07, 6.45) is 8.39. The van der Waals surface area contributed by atoms with E-state index in [-0.39, 0.29) is 6.61 Å². The van der Waals surface area contributed by atoms with Crippen LogP contribution in [0.25, 0.3) is 12.2 Å². The highest BCUT2D eigenvalue weighted by molar-refractivity contribution is 5.76. The number of nitrogens with zero attached hydrogens (tertiary/aromatic N) is 1. The number of ether oxygens (including phenoxy) is 3. The average Bonchev–Trinajstić information content (AvgIpc) is 2.79. The highest BCUT2D eigenvalue weighted by Gasteiger charge is 2.12. The molecule has 0 atom stereocenters. The maximum atomic E-state index is 12.2. The molecule has 0 saturated carbocycles. The molecule has 3 aromatic rings. The number of hydrogen-bond acceptors (Lipinski definition) is 5. The average molecular weight is 403 g/mol. The fourth-order valence-corrected chi connectivity index (χ4v) is 2.76. The van der Waals surface area contributed by atoms with Gasteiger partial charge in [-0.25, -0.2) is 4.79 Å². The fourth-order valence-electron chi connectivity index (χ4n) is 2.76. The Balaban J connectivity index is 1.63. The van der Waals surface area contributed by atoms with E-state index in [4.69, 9.17) is 14.2 Å². The second kappa shape index (κ2) is 10.8. The van der Waals surface area contributed by atoms with Crippen molar-refractivity contribution in [2.75, 3.05) is 13.2 Å². The maximum Gasteiger partial charge on any atom is 0.349 e. The van der Waals surface area contributed by atoms with Crippen LogP contribution in [0.5, 0.6) is 17.2 Å². The lowest BCUT2D eigenvalue weighted by Crippen LogP contribution is -2.18. The molecular weight excluding hydrogens is 378 g/mol. The summed E-state index contributed by atoms with van der Waals surface area (Å²) in [6.45, 7) is 4.25. The van der Waals surface area contributed by atoms with E-state index >= 15 is 0 Å². The van der Waals surface area contributed by atoms with E-state index in [0.29, 0.717) is 23.9 Å². The highest BCUT2D eigenvalue weighted by atomic mass is 16.6. The third-order valence-corrected chi connectivity index (χ3v) is 4.35.